The first-order chi connectivity index (χ1) is 7.63. The van der Waals surface area contributed by atoms with Gasteiger partial charge in [0.05, 0.1) is 23.6 Å². The fourth-order valence-corrected chi connectivity index (χ4v) is 2.40. The number of benzene rings is 1. The van der Waals surface area contributed by atoms with Crippen LogP contribution in [0.4, 0.5) is 5.69 Å². The summed E-state index contributed by atoms with van der Waals surface area (Å²) in [7, 11) is -8.30. The number of sulfonamides is 1. The van der Waals surface area contributed by atoms with E-state index in [2.05, 4.69) is 0 Å². The zero-order valence-electron chi connectivity index (χ0n) is 8.58. The standard InChI is InChI=1S/C8H8N2O5S2/c1-16(11,12)10-7-3-2-6(5-9)4-8(7)17(13,14)15/h2-4,10H,1H3,(H,13,14,15). The summed E-state index contributed by atoms with van der Waals surface area (Å²) in [6.07, 6.45) is 0.832. The Morgan fingerprint density at radius 3 is 2.29 bits per heavy atom. The number of anilines is 1. The highest BCUT2D eigenvalue weighted by atomic mass is 32.2. The van der Waals surface area contributed by atoms with Gasteiger partial charge in [0.15, 0.2) is 0 Å². The van der Waals surface area contributed by atoms with E-state index in [-0.39, 0.29) is 11.3 Å². The van der Waals surface area contributed by atoms with Crippen molar-refractivity contribution >= 4 is 25.8 Å². The van der Waals surface area contributed by atoms with Crippen molar-refractivity contribution in [1.29, 1.82) is 5.26 Å². The van der Waals surface area contributed by atoms with Gasteiger partial charge < -0.3 is 0 Å². The number of nitrogens with one attached hydrogen (secondary N) is 1. The third kappa shape index (κ3) is 3.70. The third-order valence-electron chi connectivity index (χ3n) is 1.68. The summed E-state index contributed by atoms with van der Waals surface area (Å²) in [6.45, 7) is 0. The van der Waals surface area contributed by atoms with Gasteiger partial charge in [-0.2, -0.15) is 13.7 Å². The molecule has 2 N–H and O–H groups in total. The molecule has 92 valence electrons. The molecule has 0 unspecified atom stereocenters. The zero-order chi connectivity index (χ0) is 13.3. The highest BCUT2D eigenvalue weighted by molar-refractivity contribution is 7.92. The van der Waals surface area contributed by atoms with E-state index in [4.69, 9.17) is 9.81 Å². The number of hydrogen-bond donors (Lipinski definition) is 2. The minimum atomic E-state index is -4.62. The molecular weight excluding hydrogens is 268 g/mol. The molecule has 0 aliphatic carbocycles. The summed E-state index contributed by atoms with van der Waals surface area (Å²) in [5, 5.41) is 8.59. The number of nitrogens with zero attached hydrogens (tertiary/aromatic N) is 1. The Bertz CT molecular complexity index is 685. The molecule has 17 heavy (non-hydrogen) atoms. The van der Waals surface area contributed by atoms with E-state index in [1.165, 1.54) is 6.07 Å². The summed E-state index contributed by atoms with van der Waals surface area (Å²) in [5.41, 5.74) is -0.328. The average molecular weight is 276 g/mol. The van der Waals surface area contributed by atoms with Gasteiger partial charge in [-0.3, -0.25) is 9.27 Å². The smallest absolute Gasteiger partial charge is 0.282 e. The van der Waals surface area contributed by atoms with Gasteiger partial charge in [0.25, 0.3) is 10.1 Å². The Morgan fingerprint density at radius 1 is 1.29 bits per heavy atom. The Hall–Kier alpha value is -1.63. The number of hydrogen-bond acceptors (Lipinski definition) is 5. The molecular formula is C8H8N2O5S2. The predicted octanol–water partition coefficient (Wildman–Crippen LogP) is 0.176. The van der Waals surface area contributed by atoms with E-state index < -0.39 is 25.0 Å². The van der Waals surface area contributed by atoms with E-state index in [1.807, 2.05) is 4.72 Å². The monoisotopic (exact) mass is 276 g/mol. The fraction of sp³-hybridized carbons (Fsp3) is 0.125. The van der Waals surface area contributed by atoms with Gasteiger partial charge in [-0.05, 0) is 18.2 Å². The van der Waals surface area contributed by atoms with E-state index >= 15 is 0 Å². The molecule has 0 saturated carbocycles. The second kappa shape index (κ2) is 4.33. The minimum Gasteiger partial charge on any atom is -0.282 e. The molecule has 0 amide bonds. The van der Waals surface area contributed by atoms with E-state index in [9.17, 15) is 16.8 Å². The topological polar surface area (TPSA) is 124 Å². The molecule has 0 fully saturated rings. The van der Waals surface area contributed by atoms with Crippen molar-refractivity contribution in [2.45, 2.75) is 4.90 Å². The first-order valence-electron chi connectivity index (χ1n) is 4.13. The van der Waals surface area contributed by atoms with Crippen molar-refractivity contribution in [3.8, 4) is 6.07 Å². The Kier molecular flexibility index (Phi) is 3.42. The number of rotatable bonds is 3. The molecule has 1 aromatic rings. The summed E-state index contributed by atoms with van der Waals surface area (Å²) in [5.74, 6) is 0. The molecule has 0 bridgehead atoms. The fourth-order valence-electron chi connectivity index (χ4n) is 1.09. The van der Waals surface area contributed by atoms with E-state index in [0.29, 0.717) is 0 Å². The molecule has 1 rings (SSSR count). The highest BCUT2D eigenvalue weighted by Gasteiger charge is 2.18. The van der Waals surface area contributed by atoms with Crippen LogP contribution in [0.5, 0.6) is 0 Å². The van der Waals surface area contributed by atoms with Crippen LogP contribution in [0.3, 0.4) is 0 Å². The molecule has 7 nitrogen and oxygen atoms in total. The third-order valence-corrected chi connectivity index (χ3v) is 3.17. The van der Waals surface area contributed by atoms with Gasteiger partial charge in [0.2, 0.25) is 10.0 Å². The summed E-state index contributed by atoms with van der Waals surface area (Å²) < 4.78 is 54.8. The SMILES string of the molecule is CS(=O)(=O)Nc1ccc(C#N)cc1S(=O)(=O)O. The Morgan fingerprint density at radius 2 is 1.88 bits per heavy atom. The van der Waals surface area contributed by atoms with Crippen LogP contribution >= 0.6 is 0 Å². The zero-order valence-corrected chi connectivity index (χ0v) is 10.2. The Balaban J connectivity index is 3.48. The Labute approximate surface area is 98.5 Å². The lowest BCUT2D eigenvalue weighted by Gasteiger charge is -2.08. The van der Waals surface area contributed by atoms with Gasteiger partial charge in [0, 0.05) is 0 Å². The van der Waals surface area contributed by atoms with Crippen LogP contribution in [0, 0.1) is 11.3 Å². The molecule has 0 aromatic heterocycles. The van der Waals surface area contributed by atoms with Crippen LogP contribution < -0.4 is 4.72 Å². The van der Waals surface area contributed by atoms with Crippen LogP contribution in [0.25, 0.3) is 0 Å². The van der Waals surface area contributed by atoms with Crippen LogP contribution in [-0.4, -0.2) is 27.6 Å². The summed E-state index contributed by atoms with van der Waals surface area (Å²) in [6, 6.07) is 4.86. The lowest BCUT2D eigenvalue weighted by Crippen LogP contribution is -2.13. The predicted molar refractivity (Wildman–Crippen MR) is 59.4 cm³/mol. The van der Waals surface area contributed by atoms with Crippen molar-refractivity contribution in [3.05, 3.63) is 23.8 Å². The second-order valence-corrected chi connectivity index (χ2v) is 6.31. The molecule has 1 aromatic carbocycles. The lowest BCUT2D eigenvalue weighted by molar-refractivity contribution is 0.483. The molecule has 0 radical (unpaired) electrons. The van der Waals surface area contributed by atoms with Crippen molar-refractivity contribution in [2.24, 2.45) is 0 Å². The normalized spacial score (nSPS) is 11.8. The molecule has 0 aliphatic heterocycles. The molecule has 0 aliphatic rings. The molecule has 0 heterocycles. The highest BCUT2D eigenvalue weighted by Crippen LogP contribution is 2.23. The average Bonchev–Trinajstić information content (AvgIpc) is 2.14. The van der Waals surface area contributed by atoms with Gasteiger partial charge >= 0.3 is 0 Å². The molecule has 9 heteroatoms. The second-order valence-electron chi connectivity index (χ2n) is 3.17. The maximum Gasteiger partial charge on any atom is 0.296 e. The maximum atomic E-state index is 11.0. The van der Waals surface area contributed by atoms with E-state index in [0.717, 1.165) is 18.4 Å². The van der Waals surface area contributed by atoms with Crippen LogP contribution in [0.2, 0.25) is 0 Å². The summed E-state index contributed by atoms with van der Waals surface area (Å²) >= 11 is 0. The van der Waals surface area contributed by atoms with Gasteiger partial charge in [-0.15, -0.1) is 0 Å². The molecule has 0 atom stereocenters. The largest absolute Gasteiger partial charge is 0.296 e. The maximum absolute atomic E-state index is 11.0. The van der Waals surface area contributed by atoms with Gasteiger partial charge in [-0.25, -0.2) is 8.42 Å². The van der Waals surface area contributed by atoms with Crippen LogP contribution in [-0.2, 0) is 20.1 Å². The number of nitriles is 1. The first kappa shape index (κ1) is 13.4. The lowest BCUT2D eigenvalue weighted by atomic mass is 10.2. The first-order valence-corrected chi connectivity index (χ1v) is 7.46. The van der Waals surface area contributed by atoms with Crippen molar-refractivity contribution in [3.63, 3.8) is 0 Å². The van der Waals surface area contributed by atoms with Crippen LogP contribution in [0.15, 0.2) is 23.1 Å². The van der Waals surface area contributed by atoms with Gasteiger partial charge in [-0.1, -0.05) is 0 Å². The van der Waals surface area contributed by atoms with Crippen molar-refractivity contribution < 1.29 is 21.4 Å². The van der Waals surface area contributed by atoms with Gasteiger partial charge in [0.1, 0.15) is 4.90 Å². The van der Waals surface area contributed by atoms with E-state index in [1.54, 1.807) is 6.07 Å². The van der Waals surface area contributed by atoms with Crippen LogP contribution in [0.1, 0.15) is 5.56 Å². The minimum absolute atomic E-state index is 0.0170. The molecule has 0 saturated heterocycles. The van der Waals surface area contributed by atoms with Crippen molar-refractivity contribution in [2.75, 3.05) is 11.0 Å². The summed E-state index contributed by atoms with van der Waals surface area (Å²) in [4.78, 5) is -0.665. The quantitative estimate of drug-likeness (QED) is 0.758. The van der Waals surface area contributed by atoms with Crippen molar-refractivity contribution in [1.82, 2.24) is 0 Å². The molecule has 0 spiro atoms.